The van der Waals surface area contributed by atoms with Gasteiger partial charge in [0.15, 0.2) is 6.61 Å². The van der Waals surface area contributed by atoms with E-state index in [4.69, 9.17) is 4.74 Å². The van der Waals surface area contributed by atoms with Gasteiger partial charge in [-0.05, 0) is 24.3 Å². The van der Waals surface area contributed by atoms with E-state index in [2.05, 4.69) is 0 Å². The van der Waals surface area contributed by atoms with Crippen molar-refractivity contribution >= 4 is 34.7 Å². The lowest BCUT2D eigenvalue weighted by molar-refractivity contribution is -0.384. The molecule has 1 fully saturated rings. The molecule has 2 aromatic rings. The molecule has 1 aromatic heterocycles. The number of nitrogens with zero attached hydrogens (tertiary/aromatic N) is 2. The number of benzene rings is 1. The van der Waals surface area contributed by atoms with Crippen molar-refractivity contribution in [1.82, 2.24) is 4.90 Å². The fourth-order valence-corrected chi connectivity index (χ4v) is 3.58. The van der Waals surface area contributed by atoms with Crippen LogP contribution in [0.3, 0.4) is 0 Å². The van der Waals surface area contributed by atoms with Gasteiger partial charge in [-0.15, -0.1) is 11.3 Å². The van der Waals surface area contributed by atoms with Crippen LogP contribution in [-0.4, -0.2) is 46.7 Å². The second kappa shape index (κ2) is 8.09. The zero-order chi connectivity index (χ0) is 19.4. The number of ether oxygens (including phenoxy) is 1. The lowest BCUT2D eigenvalue weighted by atomic mass is 10.1. The summed E-state index contributed by atoms with van der Waals surface area (Å²) in [5.41, 5.74) is -0.120. The Bertz CT molecular complexity index is 880. The molecule has 2 heterocycles. The molecular formula is C18H16N2O6S. The zero-order valence-electron chi connectivity index (χ0n) is 14.2. The lowest BCUT2D eigenvalue weighted by Gasteiger charge is -2.22. The Morgan fingerprint density at radius 1 is 1.26 bits per heavy atom. The highest BCUT2D eigenvalue weighted by atomic mass is 32.1. The first kappa shape index (κ1) is 18.7. The van der Waals surface area contributed by atoms with Crippen LogP contribution in [0.1, 0.15) is 32.9 Å². The molecule has 1 aliphatic heterocycles. The van der Waals surface area contributed by atoms with Crippen molar-refractivity contribution in [2.75, 3.05) is 13.2 Å². The third-order valence-corrected chi connectivity index (χ3v) is 5.10. The normalized spacial score (nSPS) is 16.1. The van der Waals surface area contributed by atoms with Crippen LogP contribution in [0.2, 0.25) is 0 Å². The van der Waals surface area contributed by atoms with E-state index in [-0.39, 0.29) is 17.2 Å². The molecule has 9 heteroatoms. The largest absolute Gasteiger partial charge is 0.456 e. The molecule has 0 unspecified atom stereocenters. The van der Waals surface area contributed by atoms with Gasteiger partial charge in [-0.3, -0.25) is 19.7 Å². The minimum Gasteiger partial charge on any atom is -0.456 e. The Morgan fingerprint density at radius 2 is 2.07 bits per heavy atom. The van der Waals surface area contributed by atoms with Crippen LogP contribution in [0, 0.1) is 10.1 Å². The van der Waals surface area contributed by atoms with Gasteiger partial charge in [-0.1, -0.05) is 18.2 Å². The van der Waals surface area contributed by atoms with Gasteiger partial charge >= 0.3 is 5.97 Å². The summed E-state index contributed by atoms with van der Waals surface area (Å²) >= 11 is 1.30. The molecule has 1 saturated heterocycles. The van der Waals surface area contributed by atoms with Crippen molar-refractivity contribution in [1.29, 1.82) is 0 Å². The van der Waals surface area contributed by atoms with Crippen molar-refractivity contribution in [2.45, 2.75) is 18.9 Å². The summed E-state index contributed by atoms with van der Waals surface area (Å²) in [6.07, 6.45) is 1.15. The zero-order valence-corrected chi connectivity index (χ0v) is 15.0. The number of Topliss-reactive ketones (excluding diaryl/α,β-unsaturated/α-hetero) is 1. The number of nitro groups is 1. The highest BCUT2D eigenvalue weighted by Crippen LogP contribution is 2.23. The summed E-state index contributed by atoms with van der Waals surface area (Å²) in [5.74, 6) is -1.41. The summed E-state index contributed by atoms with van der Waals surface area (Å²) in [6.45, 7) is -0.0765. The van der Waals surface area contributed by atoms with Gasteiger partial charge in [0.2, 0.25) is 5.78 Å². The summed E-state index contributed by atoms with van der Waals surface area (Å²) in [6, 6.07) is 7.96. The van der Waals surface area contributed by atoms with Crippen LogP contribution in [0.5, 0.6) is 0 Å². The fourth-order valence-electron chi connectivity index (χ4n) is 2.91. The maximum Gasteiger partial charge on any atom is 0.329 e. The smallest absolute Gasteiger partial charge is 0.329 e. The molecule has 0 radical (unpaired) electrons. The Kier molecular flexibility index (Phi) is 5.60. The van der Waals surface area contributed by atoms with Gasteiger partial charge in [-0.2, -0.15) is 0 Å². The third kappa shape index (κ3) is 4.20. The van der Waals surface area contributed by atoms with Crippen LogP contribution in [0.25, 0.3) is 0 Å². The number of rotatable bonds is 6. The maximum absolute atomic E-state index is 12.5. The minimum atomic E-state index is -0.725. The van der Waals surface area contributed by atoms with Gasteiger partial charge in [-0.25, -0.2) is 4.79 Å². The Balaban J connectivity index is 1.61. The Labute approximate surface area is 158 Å². The number of amides is 1. The number of nitro benzene ring substituents is 1. The lowest BCUT2D eigenvalue weighted by Crippen LogP contribution is -2.41. The molecule has 1 atom stereocenters. The van der Waals surface area contributed by atoms with E-state index in [9.17, 15) is 24.5 Å². The van der Waals surface area contributed by atoms with Crippen molar-refractivity contribution in [3.8, 4) is 0 Å². The quantitative estimate of drug-likeness (QED) is 0.326. The molecule has 0 aliphatic carbocycles. The van der Waals surface area contributed by atoms with Crippen LogP contribution in [0.4, 0.5) is 5.69 Å². The van der Waals surface area contributed by atoms with Crippen molar-refractivity contribution < 1.29 is 24.0 Å². The molecule has 8 nitrogen and oxygen atoms in total. The van der Waals surface area contributed by atoms with Gasteiger partial charge < -0.3 is 9.64 Å². The standard InChI is InChI=1S/C18H16N2O6S/c21-15(12-4-1-5-13(10-12)20(24)25)11-26-18(23)14-6-2-8-19(14)17(22)16-7-3-9-27-16/h1,3-5,7,9-10,14H,2,6,8,11H2/t14-/m0/s1. The Morgan fingerprint density at radius 3 is 2.78 bits per heavy atom. The van der Waals surface area contributed by atoms with Crippen LogP contribution < -0.4 is 0 Å². The summed E-state index contributed by atoms with van der Waals surface area (Å²) < 4.78 is 5.09. The van der Waals surface area contributed by atoms with E-state index in [0.717, 1.165) is 6.07 Å². The maximum atomic E-state index is 12.5. The van der Waals surface area contributed by atoms with Gasteiger partial charge in [0, 0.05) is 24.2 Å². The van der Waals surface area contributed by atoms with E-state index < -0.39 is 29.3 Å². The molecule has 1 aromatic carbocycles. The van der Waals surface area contributed by atoms with Crippen LogP contribution in [-0.2, 0) is 9.53 Å². The number of non-ortho nitro benzene ring substituents is 1. The number of carbonyl (C=O) groups excluding carboxylic acids is 3. The van der Waals surface area contributed by atoms with Crippen LogP contribution in [0.15, 0.2) is 41.8 Å². The number of ketones is 1. The monoisotopic (exact) mass is 388 g/mol. The first-order valence-electron chi connectivity index (χ1n) is 8.26. The first-order chi connectivity index (χ1) is 13.0. The Hall–Kier alpha value is -3.07. The molecule has 1 amide bonds. The van der Waals surface area contributed by atoms with Crippen LogP contribution >= 0.6 is 11.3 Å². The SMILES string of the molecule is O=C(COC(=O)[C@@H]1CCCN1C(=O)c1cccs1)c1cccc([N+](=O)[O-])c1. The number of hydrogen-bond donors (Lipinski definition) is 0. The van der Waals surface area contributed by atoms with E-state index in [1.165, 1.54) is 34.4 Å². The highest BCUT2D eigenvalue weighted by Gasteiger charge is 2.36. The van der Waals surface area contributed by atoms with E-state index in [0.29, 0.717) is 24.3 Å². The number of esters is 1. The number of likely N-dealkylation sites (tertiary alicyclic amines) is 1. The van der Waals surface area contributed by atoms with E-state index in [1.807, 2.05) is 0 Å². The summed E-state index contributed by atoms with van der Waals surface area (Å²) in [4.78, 5) is 49.2. The molecule has 27 heavy (non-hydrogen) atoms. The summed E-state index contributed by atoms with van der Waals surface area (Å²) in [5, 5.41) is 12.6. The van der Waals surface area contributed by atoms with E-state index >= 15 is 0 Å². The molecular weight excluding hydrogens is 372 g/mol. The first-order valence-corrected chi connectivity index (χ1v) is 9.14. The predicted molar refractivity (Wildman–Crippen MR) is 96.8 cm³/mol. The van der Waals surface area contributed by atoms with Gasteiger partial charge in [0.05, 0.1) is 9.80 Å². The number of thiophene rings is 1. The molecule has 0 N–H and O–H groups in total. The average molecular weight is 388 g/mol. The average Bonchev–Trinajstić information content (AvgIpc) is 3.37. The molecule has 0 saturated carbocycles. The molecule has 140 valence electrons. The van der Waals surface area contributed by atoms with E-state index in [1.54, 1.807) is 17.5 Å². The predicted octanol–water partition coefficient (Wildman–Crippen LogP) is 2.69. The molecule has 0 bridgehead atoms. The second-order valence-corrected chi connectivity index (χ2v) is 6.92. The highest BCUT2D eigenvalue weighted by molar-refractivity contribution is 7.12. The second-order valence-electron chi connectivity index (χ2n) is 5.97. The van der Waals surface area contributed by atoms with Gasteiger partial charge in [0.1, 0.15) is 6.04 Å². The molecule has 0 spiro atoms. The number of hydrogen-bond acceptors (Lipinski definition) is 7. The fraction of sp³-hybridized carbons (Fsp3) is 0.278. The third-order valence-electron chi connectivity index (χ3n) is 4.24. The van der Waals surface area contributed by atoms with Crippen molar-refractivity contribution in [3.05, 3.63) is 62.3 Å². The number of carbonyl (C=O) groups is 3. The van der Waals surface area contributed by atoms with Gasteiger partial charge in [0.25, 0.3) is 11.6 Å². The van der Waals surface area contributed by atoms with Crippen molar-refractivity contribution in [3.63, 3.8) is 0 Å². The summed E-state index contributed by atoms with van der Waals surface area (Å²) in [7, 11) is 0. The molecule has 1 aliphatic rings. The minimum absolute atomic E-state index is 0.0925. The van der Waals surface area contributed by atoms with Crippen molar-refractivity contribution in [2.24, 2.45) is 0 Å². The molecule has 3 rings (SSSR count). The topological polar surface area (TPSA) is 107 Å².